The van der Waals surface area contributed by atoms with Crippen molar-refractivity contribution in [3.8, 4) is 0 Å². The zero-order valence-electron chi connectivity index (χ0n) is 22.0. The van der Waals surface area contributed by atoms with Crippen LogP contribution < -0.4 is 10.4 Å². The van der Waals surface area contributed by atoms with E-state index in [9.17, 15) is 0 Å². The van der Waals surface area contributed by atoms with E-state index in [-0.39, 0.29) is 11.8 Å². The Labute approximate surface area is 233 Å². The molecule has 0 saturated heterocycles. The van der Waals surface area contributed by atoms with Gasteiger partial charge in [0.2, 0.25) is 0 Å². The van der Waals surface area contributed by atoms with Crippen LogP contribution in [0.3, 0.4) is 0 Å². The molecule has 0 heteroatoms. The highest BCUT2D eigenvalue weighted by Crippen LogP contribution is 2.57. The Bertz CT molecular complexity index is 2270. The van der Waals surface area contributed by atoms with E-state index >= 15 is 0 Å². The van der Waals surface area contributed by atoms with E-state index in [1.165, 1.54) is 76.2 Å². The number of hydrogen-bond donors (Lipinski definition) is 0. The summed E-state index contributed by atoms with van der Waals surface area (Å²) in [4.78, 5) is 0. The van der Waals surface area contributed by atoms with Crippen LogP contribution in [0.5, 0.6) is 0 Å². The van der Waals surface area contributed by atoms with Crippen molar-refractivity contribution in [1.82, 2.24) is 0 Å². The van der Waals surface area contributed by atoms with E-state index in [2.05, 4.69) is 146 Å². The molecule has 0 amide bonds. The summed E-state index contributed by atoms with van der Waals surface area (Å²) >= 11 is 0. The molecular weight excluding hydrogens is 480 g/mol. The van der Waals surface area contributed by atoms with E-state index in [1.807, 2.05) is 0 Å². The lowest BCUT2D eigenvalue weighted by Crippen LogP contribution is -2.38. The van der Waals surface area contributed by atoms with Gasteiger partial charge in [-0.1, -0.05) is 140 Å². The summed E-state index contributed by atoms with van der Waals surface area (Å²) in [7, 11) is 0. The van der Waals surface area contributed by atoms with Crippen LogP contribution in [0, 0.1) is 0 Å². The molecular formula is C40H26. The zero-order chi connectivity index (χ0) is 26.2. The van der Waals surface area contributed by atoms with Gasteiger partial charge < -0.3 is 0 Å². The number of rotatable bonds is 2. The smallest absolute Gasteiger partial charge is 0.0218 e. The van der Waals surface area contributed by atoms with Gasteiger partial charge in [-0.2, -0.15) is 0 Å². The molecule has 40 heavy (non-hydrogen) atoms. The van der Waals surface area contributed by atoms with Crippen molar-refractivity contribution in [2.75, 3.05) is 0 Å². The number of fused-ring (bicyclic) bond motifs is 6. The molecule has 0 nitrogen and oxygen atoms in total. The molecule has 9 rings (SSSR count). The molecule has 2 unspecified atom stereocenters. The van der Waals surface area contributed by atoms with Crippen LogP contribution in [0.4, 0.5) is 0 Å². The maximum atomic E-state index is 2.41. The highest BCUT2D eigenvalue weighted by Gasteiger charge is 2.42. The molecule has 7 aromatic rings. The summed E-state index contributed by atoms with van der Waals surface area (Å²) in [6, 6.07) is 54.4. The Hall–Kier alpha value is -4.94. The quantitative estimate of drug-likeness (QED) is 0.221. The lowest BCUT2D eigenvalue weighted by Gasteiger charge is -2.32. The van der Waals surface area contributed by atoms with Crippen LogP contribution >= 0.6 is 0 Å². The maximum absolute atomic E-state index is 2.41. The molecule has 0 aromatic heterocycles. The summed E-state index contributed by atoms with van der Waals surface area (Å²) in [6.45, 7) is 0. The second-order valence-electron chi connectivity index (χ2n) is 11.2. The van der Waals surface area contributed by atoms with Crippen LogP contribution in [0.1, 0.15) is 34.1 Å². The lowest BCUT2D eigenvalue weighted by molar-refractivity contribution is 0.792. The summed E-state index contributed by atoms with van der Waals surface area (Å²) in [5.41, 5.74) is 8.47. The Balaban J connectivity index is 1.49. The highest BCUT2D eigenvalue weighted by atomic mass is 14.4. The second-order valence-corrected chi connectivity index (χ2v) is 11.2. The molecule has 0 fully saturated rings. The molecule has 0 heterocycles. The van der Waals surface area contributed by atoms with Crippen molar-refractivity contribution >= 4 is 43.5 Å². The van der Waals surface area contributed by atoms with Crippen molar-refractivity contribution in [1.29, 1.82) is 0 Å². The first kappa shape index (κ1) is 21.9. The fourth-order valence-corrected chi connectivity index (χ4v) is 7.67. The first-order valence-electron chi connectivity index (χ1n) is 14.2. The summed E-state index contributed by atoms with van der Waals surface area (Å²) in [5, 5.41) is 10.7. The SMILES string of the molecule is c1ccc2c(c1)=C(c1ccc3ccccc3c1)C1c3cccc4cccc(c34)C1C=2c1cccc2ccccc12. The fraction of sp³-hybridized carbons (Fsp3) is 0.0500. The van der Waals surface area contributed by atoms with Gasteiger partial charge in [0.1, 0.15) is 0 Å². The Morgan fingerprint density at radius 3 is 1.75 bits per heavy atom. The minimum absolute atomic E-state index is 0.239. The average Bonchev–Trinajstić information content (AvgIpc) is 3.35. The molecule has 0 bridgehead atoms. The van der Waals surface area contributed by atoms with Gasteiger partial charge in [0.05, 0.1) is 0 Å². The van der Waals surface area contributed by atoms with E-state index in [0.717, 1.165) is 0 Å². The van der Waals surface area contributed by atoms with Gasteiger partial charge in [0.15, 0.2) is 0 Å². The molecule has 0 aliphatic heterocycles. The molecule has 7 aromatic carbocycles. The summed E-state index contributed by atoms with van der Waals surface area (Å²) in [5.74, 6) is 0.481. The molecule has 0 radical (unpaired) electrons. The predicted molar refractivity (Wildman–Crippen MR) is 168 cm³/mol. The topological polar surface area (TPSA) is 0 Å². The minimum Gasteiger partial charge on any atom is -0.0616 e. The van der Waals surface area contributed by atoms with Crippen molar-refractivity contribution in [3.63, 3.8) is 0 Å². The van der Waals surface area contributed by atoms with Gasteiger partial charge in [-0.3, -0.25) is 0 Å². The molecule has 0 spiro atoms. The third kappa shape index (κ3) is 2.96. The maximum Gasteiger partial charge on any atom is 0.0218 e. The van der Waals surface area contributed by atoms with Crippen molar-refractivity contribution in [2.24, 2.45) is 0 Å². The van der Waals surface area contributed by atoms with E-state index < -0.39 is 0 Å². The minimum atomic E-state index is 0.239. The first-order chi connectivity index (χ1) is 19.9. The molecule has 2 aliphatic rings. The average molecular weight is 507 g/mol. The van der Waals surface area contributed by atoms with Crippen LogP contribution in [0.15, 0.2) is 146 Å². The molecule has 0 N–H and O–H groups in total. The largest absolute Gasteiger partial charge is 0.0616 e. The molecule has 0 saturated carbocycles. The normalized spacial score (nSPS) is 17.4. The van der Waals surface area contributed by atoms with Gasteiger partial charge >= 0.3 is 0 Å². The lowest BCUT2D eigenvalue weighted by atomic mass is 9.70. The monoisotopic (exact) mass is 506 g/mol. The molecule has 2 atom stereocenters. The van der Waals surface area contributed by atoms with Crippen LogP contribution in [0.2, 0.25) is 0 Å². The van der Waals surface area contributed by atoms with Crippen molar-refractivity contribution in [3.05, 3.63) is 178 Å². The molecule has 2 aliphatic carbocycles. The summed E-state index contributed by atoms with van der Waals surface area (Å²) in [6.07, 6.45) is 0. The third-order valence-electron chi connectivity index (χ3n) is 9.24. The Morgan fingerprint density at radius 1 is 0.375 bits per heavy atom. The van der Waals surface area contributed by atoms with E-state index in [4.69, 9.17) is 0 Å². The summed E-state index contributed by atoms with van der Waals surface area (Å²) < 4.78 is 0. The Kier molecular flexibility index (Phi) is 4.54. The van der Waals surface area contributed by atoms with Crippen molar-refractivity contribution < 1.29 is 0 Å². The predicted octanol–water partition coefficient (Wildman–Crippen LogP) is 8.44. The van der Waals surface area contributed by atoms with Gasteiger partial charge in [-0.25, -0.2) is 0 Å². The van der Waals surface area contributed by atoms with Crippen LogP contribution in [-0.2, 0) is 0 Å². The zero-order valence-corrected chi connectivity index (χ0v) is 22.0. The standard InChI is InChI=1S/C40H26/c1-2-12-28-24-29(23-22-25(28)10-1)37-32-17-5-6-18-33(32)38(31-19-7-13-26-11-3-4-16-30(26)31)40-35-21-9-15-27-14-8-20-34(36(27)35)39(37)40/h1-24,39-40H. The first-order valence-corrected chi connectivity index (χ1v) is 14.2. The van der Waals surface area contributed by atoms with Gasteiger partial charge in [-0.05, 0) is 82.2 Å². The van der Waals surface area contributed by atoms with E-state index in [0.29, 0.717) is 0 Å². The number of benzene rings is 7. The van der Waals surface area contributed by atoms with Gasteiger partial charge in [0, 0.05) is 11.8 Å². The van der Waals surface area contributed by atoms with Crippen LogP contribution in [0.25, 0.3) is 43.5 Å². The highest BCUT2D eigenvalue weighted by molar-refractivity contribution is 6.04. The fourth-order valence-electron chi connectivity index (χ4n) is 7.67. The van der Waals surface area contributed by atoms with Crippen molar-refractivity contribution in [2.45, 2.75) is 11.8 Å². The van der Waals surface area contributed by atoms with E-state index in [1.54, 1.807) is 0 Å². The van der Waals surface area contributed by atoms with Gasteiger partial charge in [-0.15, -0.1) is 0 Å². The third-order valence-corrected chi connectivity index (χ3v) is 9.24. The van der Waals surface area contributed by atoms with Gasteiger partial charge in [0.25, 0.3) is 0 Å². The van der Waals surface area contributed by atoms with Crippen LogP contribution in [-0.4, -0.2) is 0 Å². The number of hydrogen-bond acceptors (Lipinski definition) is 0. The second kappa shape index (κ2) is 8.28. The Morgan fingerprint density at radius 2 is 0.950 bits per heavy atom. The molecule has 186 valence electrons.